The topological polar surface area (TPSA) is 54.0 Å². The fourth-order valence-corrected chi connectivity index (χ4v) is 2.40. The summed E-state index contributed by atoms with van der Waals surface area (Å²) in [4.78, 5) is 17.1. The van der Waals surface area contributed by atoms with Crippen LogP contribution in [0.15, 0.2) is 30.5 Å². The molecule has 0 unspecified atom stereocenters. The zero-order valence-corrected chi connectivity index (χ0v) is 12.8. The molecular weight excluding hydrogens is 270 g/mol. The van der Waals surface area contributed by atoms with Gasteiger partial charge >= 0.3 is 0 Å². The molecule has 1 heterocycles. The van der Waals surface area contributed by atoms with Crippen molar-refractivity contribution >= 4 is 28.6 Å². The Kier molecular flexibility index (Phi) is 4.74. The first-order chi connectivity index (χ1) is 9.54. The van der Waals surface area contributed by atoms with Crippen LogP contribution in [-0.4, -0.2) is 10.9 Å². The Balaban J connectivity index is 1.97. The third-order valence-corrected chi connectivity index (χ3v) is 3.70. The van der Waals surface area contributed by atoms with Gasteiger partial charge in [-0.3, -0.25) is 4.79 Å². The van der Waals surface area contributed by atoms with Crippen LogP contribution >= 0.6 is 11.3 Å². The van der Waals surface area contributed by atoms with E-state index in [4.69, 9.17) is 0 Å². The molecule has 0 aliphatic rings. The van der Waals surface area contributed by atoms with E-state index in [1.165, 1.54) is 4.88 Å². The van der Waals surface area contributed by atoms with Crippen LogP contribution in [0.1, 0.15) is 23.7 Å². The monoisotopic (exact) mass is 289 g/mol. The van der Waals surface area contributed by atoms with Crippen molar-refractivity contribution < 1.29 is 4.79 Å². The van der Waals surface area contributed by atoms with Crippen LogP contribution in [0.2, 0.25) is 0 Å². The Labute approximate surface area is 123 Å². The molecule has 0 fully saturated rings. The summed E-state index contributed by atoms with van der Waals surface area (Å²) >= 11 is 1.68. The second kappa shape index (κ2) is 6.52. The molecule has 2 rings (SSSR count). The van der Waals surface area contributed by atoms with E-state index in [0.29, 0.717) is 0 Å². The lowest BCUT2D eigenvalue weighted by molar-refractivity contribution is -0.118. The molecule has 0 bridgehead atoms. The molecule has 0 aliphatic heterocycles. The molecule has 1 aromatic heterocycles. The van der Waals surface area contributed by atoms with Crippen molar-refractivity contribution in [1.29, 1.82) is 0 Å². The highest BCUT2D eigenvalue weighted by molar-refractivity contribution is 7.11. The third-order valence-electron chi connectivity index (χ3n) is 2.79. The Morgan fingerprint density at radius 2 is 2.10 bits per heavy atom. The fraction of sp³-hybridized carbons (Fsp3) is 0.333. The van der Waals surface area contributed by atoms with Gasteiger partial charge in [0, 0.05) is 28.4 Å². The number of amides is 1. The van der Waals surface area contributed by atoms with Gasteiger partial charge in [0.1, 0.15) is 0 Å². The van der Waals surface area contributed by atoms with Crippen LogP contribution < -0.4 is 10.6 Å². The number of benzene rings is 1. The number of thiazole rings is 1. The molecule has 1 aromatic carbocycles. The Hall–Kier alpha value is -1.88. The predicted molar refractivity (Wildman–Crippen MR) is 84.1 cm³/mol. The van der Waals surface area contributed by atoms with Crippen LogP contribution in [-0.2, 0) is 11.3 Å². The summed E-state index contributed by atoms with van der Waals surface area (Å²) in [5, 5.41) is 7.30. The first-order valence-corrected chi connectivity index (χ1v) is 7.42. The summed E-state index contributed by atoms with van der Waals surface area (Å²) in [6.45, 7) is 6.50. The van der Waals surface area contributed by atoms with Crippen LogP contribution in [0.4, 0.5) is 11.4 Å². The second-order valence-electron chi connectivity index (χ2n) is 4.92. The first-order valence-electron chi connectivity index (χ1n) is 6.60. The van der Waals surface area contributed by atoms with Crippen molar-refractivity contribution in [3.63, 3.8) is 0 Å². The highest BCUT2D eigenvalue weighted by atomic mass is 32.1. The largest absolute Gasteiger partial charge is 0.380 e. The van der Waals surface area contributed by atoms with E-state index in [0.717, 1.165) is 22.9 Å². The minimum absolute atomic E-state index is 0.0215. The number of carbonyl (C=O) groups is 1. The number of nitrogens with one attached hydrogen (secondary N) is 2. The van der Waals surface area contributed by atoms with E-state index in [2.05, 4.69) is 15.6 Å². The van der Waals surface area contributed by atoms with Gasteiger partial charge in [0.15, 0.2) is 0 Å². The van der Waals surface area contributed by atoms with E-state index < -0.39 is 0 Å². The number of nitrogens with zero attached hydrogens (tertiary/aromatic N) is 1. The van der Waals surface area contributed by atoms with Gasteiger partial charge in [0.2, 0.25) is 5.91 Å². The van der Waals surface area contributed by atoms with Crippen LogP contribution in [0.3, 0.4) is 0 Å². The summed E-state index contributed by atoms with van der Waals surface area (Å²) < 4.78 is 0. The number of aryl methyl sites for hydroxylation is 1. The quantitative estimate of drug-likeness (QED) is 0.883. The van der Waals surface area contributed by atoms with Gasteiger partial charge in [0.25, 0.3) is 0 Å². The smallest absolute Gasteiger partial charge is 0.226 e. The van der Waals surface area contributed by atoms with Crippen LogP contribution in [0.5, 0.6) is 0 Å². The zero-order valence-electron chi connectivity index (χ0n) is 11.9. The standard InChI is InChI=1S/C15H19N3OS/c1-10(2)15(19)18-13-6-4-5-12(7-13)17-9-14-8-16-11(3)20-14/h4-8,10,17H,9H2,1-3H3,(H,18,19). The maximum atomic E-state index is 11.7. The summed E-state index contributed by atoms with van der Waals surface area (Å²) in [5.41, 5.74) is 1.80. The number of aromatic nitrogens is 1. The van der Waals surface area contributed by atoms with Crippen molar-refractivity contribution in [1.82, 2.24) is 4.98 Å². The van der Waals surface area contributed by atoms with E-state index in [9.17, 15) is 4.79 Å². The molecule has 2 N–H and O–H groups in total. The van der Waals surface area contributed by atoms with Gasteiger partial charge in [-0.05, 0) is 25.1 Å². The molecule has 0 aliphatic carbocycles. The van der Waals surface area contributed by atoms with Crippen molar-refractivity contribution in [3.8, 4) is 0 Å². The number of hydrogen-bond acceptors (Lipinski definition) is 4. The third kappa shape index (κ3) is 4.06. The highest BCUT2D eigenvalue weighted by Gasteiger charge is 2.07. The first kappa shape index (κ1) is 14.5. The number of carbonyl (C=O) groups excluding carboxylic acids is 1. The maximum absolute atomic E-state index is 11.7. The summed E-state index contributed by atoms with van der Waals surface area (Å²) in [7, 11) is 0. The summed E-state index contributed by atoms with van der Waals surface area (Å²) in [5.74, 6) is 0.00650. The normalized spacial score (nSPS) is 10.6. The molecule has 5 heteroatoms. The lowest BCUT2D eigenvalue weighted by Crippen LogP contribution is -2.17. The molecule has 0 radical (unpaired) electrons. The van der Waals surface area contributed by atoms with Crippen molar-refractivity contribution in [2.24, 2.45) is 5.92 Å². The lowest BCUT2D eigenvalue weighted by atomic mass is 10.2. The van der Waals surface area contributed by atoms with Crippen LogP contribution in [0.25, 0.3) is 0 Å². The number of hydrogen-bond donors (Lipinski definition) is 2. The Bertz CT molecular complexity index is 592. The van der Waals surface area contributed by atoms with Gasteiger partial charge in [-0.2, -0.15) is 0 Å². The Morgan fingerprint density at radius 1 is 1.35 bits per heavy atom. The summed E-state index contributed by atoms with van der Waals surface area (Å²) in [6.07, 6.45) is 1.89. The number of anilines is 2. The van der Waals surface area contributed by atoms with E-state index in [1.807, 2.05) is 51.2 Å². The van der Waals surface area contributed by atoms with Gasteiger partial charge in [-0.15, -0.1) is 11.3 Å². The van der Waals surface area contributed by atoms with Crippen molar-refractivity contribution in [3.05, 3.63) is 40.3 Å². The second-order valence-corrected chi connectivity index (χ2v) is 6.24. The average molecular weight is 289 g/mol. The average Bonchev–Trinajstić information content (AvgIpc) is 2.82. The lowest BCUT2D eigenvalue weighted by Gasteiger charge is -2.10. The van der Waals surface area contributed by atoms with E-state index in [1.54, 1.807) is 11.3 Å². The minimum Gasteiger partial charge on any atom is -0.380 e. The molecule has 0 saturated heterocycles. The molecule has 2 aromatic rings. The van der Waals surface area contributed by atoms with Crippen molar-refractivity contribution in [2.45, 2.75) is 27.3 Å². The molecular formula is C15H19N3OS. The molecule has 4 nitrogen and oxygen atoms in total. The van der Waals surface area contributed by atoms with E-state index in [-0.39, 0.29) is 11.8 Å². The van der Waals surface area contributed by atoms with Gasteiger partial charge < -0.3 is 10.6 Å². The van der Waals surface area contributed by atoms with Gasteiger partial charge in [-0.1, -0.05) is 19.9 Å². The Morgan fingerprint density at radius 3 is 2.75 bits per heavy atom. The molecule has 0 saturated carbocycles. The SMILES string of the molecule is Cc1ncc(CNc2cccc(NC(=O)C(C)C)c2)s1. The van der Waals surface area contributed by atoms with Crippen molar-refractivity contribution in [2.75, 3.05) is 10.6 Å². The van der Waals surface area contributed by atoms with E-state index >= 15 is 0 Å². The van der Waals surface area contributed by atoms with Crippen LogP contribution in [0, 0.1) is 12.8 Å². The molecule has 20 heavy (non-hydrogen) atoms. The fourth-order valence-electron chi connectivity index (χ4n) is 1.67. The number of rotatable bonds is 5. The summed E-state index contributed by atoms with van der Waals surface area (Å²) in [6, 6.07) is 7.74. The highest BCUT2D eigenvalue weighted by Crippen LogP contribution is 2.18. The zero-order chi connectivity index (χ0) is 14.5. The maximum Gasteiger partial charge on any atom is 0.226 e. The predicted octanol–water partition coefficient (Wildman–Crippen LogP) is 3.66. The van der Waals surface area contributed by atoms with Gasteiger partial charge in [-0.25, -0.2) is 4.98 Å². The molecule has 0 atom stereocenters. The van der Waals surface area contributed by atoms with Gasteiger partial charge in [0.05, 0.1) is 11.6 Å². The molecule has 0 spiro atoms. The molecule has 106 valence electrons. The minimum atomic E-state index is -0.0215. The molecule has 1 amide bonds.